The number of benzene rings is 4. The van der Waals surface area contributed by atoms with E-state index >= 15 is 0 Å². The van der Waals surface area contributed by atoms with Crippen molar-refractivity contribution < 1.29 is 0 Å². The van der Waals surface area contributed by atoms with E-state index in [4.69, 9.17) is 0 Å². The molecule has 0 fully saturated rings. The van der Waals surface area contributed by atoms with Crippen LogP contribution in [-0.2, 0) is 0 Å². The minimum absolute atomic E-state index is 0.231. The molecule has 0 atom stereocenters. The Kier molecular flexibility index (Phi) is 2.42. The van der Waals surface area contributed by atoms with Crippen LogP contribution in [0.1, 0.15) is 5.56 Å². The molecule has 0 saturated heterocycles. The van der Waals surface area contributed by atoms with Gasteiger partial charge in [-0.15, -0.1) is 0 Å². The first kappa shape index (κ1) is 14.3. The number of hydrogen-bond acceptors (Lipinski definition) is 1. The molecule has 2 aliphatic heterocycles. The van der Waals surface area contributed by atoms with Crippen LogP contribution < -0.4 is 16.4 Å². The molecule has 1 aromatic heterocycles. The lowest BCUT2D eigenvalue weighted by Gasteiger charge is -2.24. The number of para-hydroxylation sites is 1. The summed E-state index contributed by atoms with van der Waals surface area (Å²) in [5, 5.41) is 12.0. The Bertz CT molecular complexity index is 1530. The fraction of sp³-hybridized carbons (Fsp3) is 0. The summed E-state index contributed by atoms with van der Waals surface area (Å²) < 4.78 is 2.38. The third-order valence-corrected chi connectivity index (χ3v) is 6.45. The molecule has 0 bridgehead atoms. The molecular formula is C25H13BN2. The minimum atomic E-state index is 0.231. The van der Waals surface area contributed by atoms with Gasteiger partial charge in [-0.3, -0.25) is 0 Å². The standard InChI is InChI=1S/C25H13BN2/c27-14-15-12-13-20-25-23(15)18-7-2-4-10-21(18)28(25)22-11-5-8-17-16-6-1-3-9-19(16)26(20)24(17)22/h1-13H. The third kappa shape index (κ3) is 1.45. The molecule has 28 heavy (non-hydrogen) atoms. The first-order valence-electron chi connectivity index (χ1n) is 9.57. The summed E-state index contributed by atoms with van der Waals surface area (Å²) in [7, 11) is 0. The Morgan fingerprint density at radius 2 is 1.57 bits per heavy atom. The van der Waals surface area contributed by atoms with Crippen LogP contribution in [0, 0.1) is 11.3 Å². The van der Waals surface area contributed by atoms with Gasteiger partial charge in [0, 0.05) is 16.5 Å². The molecule has 0 saturated carbocycles. The highest BCUT2D eigenvalue weighted by atomic mass is 15.0. The van der Waals surface area contributed by atoms with Crippen molar-refractivity contribution in [1.82, 2.24) is 4.57 Å². The molecule has 0 radical (unpaired) electrons. The predicted molar refractivity (Wildman–Crippen MR) is 116 cm³/mol. The van der Waals surface area contributed by atoms with Crippen molar-refractivity contribution in [3.8, 4) is 22.9 Å². The molecule has 0 spiro atoms. The molecule has 0 aliphatic carbocycles. The molecule has 126 valence electrons. The van der Waals surface area contributed by atoms with Gasteiger partial charge in [-0.2, -0.15) is 5.26 Å². The summed E-state index contributed by atoms with van der Waals surface area (Å²) >= 11 is 0. The molecule has 5 aromatic rings. The van der Waals surface area contributed by atoms with Crippen molar-refractivity contribution in [3.05, 3.63) is 84.4 Å². The zero-order chi connectivity index (χ0) is 18.4. The first-order valence-corrected chi connectivity index (χ1v) is 9.57. The summed E-state index contributed by atoms with van der Waals surface area (Å²) in [5.41, 5.74) is 11.1. The van der Waals surface area contributed by atoms with Crippen LogP contribution in [0.3, 0.4) is 0 Å². The van der Waals surface area contributed by atoms with E-state index in [0.717, 1.165) is 16.3 Å². The van der Waals surface area contributed by atoms with Gasteiger partial charge >= 0.3 is 0 Å². The fourth-order valence-corrected chi connectivity index (χ4v) is 5.46. The number of aromatic nitrogens is 1. The lowest BCUT2D eigenvalue weighted by atomic mass is 9.37. The van der Waals surface area contributed by atoms with Crippen molar-refractivity contribution in [2.45, 2.75) is 0 Å². The number of nitrogens with zero attached hydrogens (tertiary/aromatic N) is 2. The van der Waals surface area contributed by atoms with E-state index in [-0.39, 0.29) is 6.71 Å². The fourth-order valence-electron chi connectivity index (χ4n) is 5.46. The van der Waals surface area contributed by atoms with Crippen LogP contribution in [-0.4, -0.2) is 11.3 Å². The van der Waals surface area contributed by atoms with Crippen LogP contribution in [0.25, 0.3) is 38.6 Å². The van der Waals surface area contributed by atoms with E-state index < -0.39 is 0 Å². The Morgan fingerprint density at radius 3 is 2.50 bits per heavy atom. The smallest absolute Gasteiger partial charge is 0.248 e. The molecular weight excluding hydrogens is 339 g/mol. The predicted octanol–water partition coefficient (Wildman–Crippen LogP) is 3.47. The average Bonchev–Trinajstić information content (AvgIpc) is 3.28. The summed E-state index contributed by atoms with van der Waals surface area (Å²) in [6, 6.07) is 30.4. The van der Waals surface area contributed by atoms with Gasteiger partial charge in [-0.1, -0.05) is 66.1 Å². The van der Waals surface area contributed by atoms with Gasteiger partial charge in [0.25, 0.3) is 0 Å². The lowest BCUT2D eigenvalue weighted by Crippen LogP contribution is -2.53. The second-order valence-electron chi connectivity index (χ2n) is 7.65. The monoisotopic (exact) mass is 352 g/mol. The van der Waals surface area contributed by atoms with E-state index in [0.29, 0.717) is 0 Å². The Balaban J connectivity index is 1.80. The number of fused-ring (bicyclic) bond motifs is 8. The number of nitriles is 1. The van der Waals surface area contributed by atoms with E-state index in [2.05, 4.69) is 83.4 Å². The van der Waals surface area contributed by atoms with Crippen molar-refractivity contribution in [3.63, 3.8) is 0 Å². The van der Waals surface area contributed by atoms with Crippen LogP contribution >= 0.6 is 0 Å². The van der Waals surface area contributed by atoms with E-state index in [1.807, 2.05) is 6.07 Å². The lowest BCUT2D eigenvalue weighted by molar-refractivity contribution is 1.19. The van der Waals surface area contributed by atoms with Crippen molar-refractivity contribution in [1.29, 1.82) is 5.26 Å². The second-order valence-corrected chi connectivity index (χ2v) is 7.65. The summed E-state index contributed by atoms with van der Waals surface area (Å²) in [6.07, 6.45) is 0. The molecule has 0 unspecified atom stereocenters. The third-order valence-electron chi connectivity index (χ3n) is 6.45. The molecule has 7 rings (SSSR count). The van der Waals surface area contributed by atoms with Crippen LogP contribution in [0.4, 0.5) is 0 Å². The van der Waals surface area contributed by atoms with Crippen molar-refractivity contribution >= 4 is 44.9 Å². The van der Waals surface area contributed by atoms with E-state index in [1.54, 1.807) is 0 Å². The molecule has 4 aromatic carbocycles. The summed E-state index contributed by atoms with van der Waals surface area (Å²) in [5.74, 6) is 0. The van der Waals surface area contributed by atoms with Crippen molar-refractivity contribution in [2.75, 3.05) is 0 Å². The van der Waals surface area contributed by atoms with Crippen LogP contribution in [0.15, 0.2) is 78.9 Å². The molecule has 2 nitrogen and oxygen atoms in total. The van der Waals surface area contributed by atoms with E-state index in [9.17, 15) is 5.26 Å². The Morgan fingerprint density at radius 1 is 0.750 bits per heavy atom. The largest absolute Gasteiger partial charge is 0.310 e. The maximum atomic E-state index is 9.81. The van der Waals surface area contributed by atoms with Gasteiger partial charge in [0.05, 0.1) is 22.7 Å². The highest BCUT2D eigenvalue weighted by molar-refractivity contribution is 7.01. The van der Waals surface area contributed by atoms with E-state index in [1.165, 1.54) is 44.2 Å². The van der Waals surface area contributed by atoms with Crippen LogP contribution in [0.2, 0.25) is 0 Å². The van der Waals surface area contributed by atoms with Gasteiger partial charge in [0.2, 0.25) is 6.71 Å². The molecule has 0 amide bonds. The van der Waals surface area contributed by atoms with Gasteiger partial charge in [0.15, 0.2) is 0 Å². The summed E-state index contributed by atoms with van der Waals surface area (Å²) in [6.45, 7) is 0.231. The molecule has 2 aliphatic rings. The van der Waals surface area contributed by atoms with Gasteiger partial charge in [0.1, 0.15) is 0 Å². The van der Waals surface area contributed by atoms with Gasteiger partial charge < -0.3 is 4.57 Å². The highest BCUT2D eigenvalue weighted by Crippen LogP contribution is 2.37. The number of rotatable bonds is 0. The quantitative estimate of drug-likeness (QED) is 0.384. The zero-order valence-corrected chi connectivity index (χ0v) is 15.0. The SMILES string of the molecule is N#Cc1ccc2c3c1c1ccccc1n3-c1cccc3c1B2c1ccccc1-3. The van der Waals surface area contributed by atoms with Crippen molar-refractivity contribution in [2.24, 2.45) is 0 Å². The summed E-state index contributed by atoms with van der Waals surface area (Å²) in [4.78, 5) is 0. The van der Waals surface area contributed by atoms with Gasteiger partial charge in [-0.25, -0.2) is 0 Å². The Labute approximate surface area is 162 Å². The molecule has 3 heterocycles. The Hall–Kier alpha value is -3.77. The molecule has 3 heteroatoms. The second kappa shape index (κ2) is 4.74. The number of hydrogen-bond donors (Lipinski definition) is 0. The minimum Gasteiger partial charge on any atom is -0.310 e. The first-order chi connectivity index (χ1) is 13.9. The zero-order valence-electron chi connectivity index (χ0n) is 15.0. The topological polar surface area (TPSA) is 28.7 Å². The maximum Gasteiger partial charge on any atom is 0.248 e. The van der Waals surface area contributed by atoms with Crippen LogP contribution in [0.5, 0.6) is 0 Å². The normalized spacial score (nSPS) is 12.9. The van der Waals surface area contributed by atoms with Gasteiger partial charge in [-0.05, 0) is 40.3 Å². The highest BCUT2D eigenvalue weighted by Gasteiger charge is 2.40. The molecule has 0 N–H and O–H groups in total. The maximum absolute atomic E-state index is 9.81. The average molecular weight is 352 g/mol.